The summed E-state index contributed by atoms with van der Waals surface area (Å²) in [5.41, 5.74) is 4.14. The Bertz CT molecular complexity index is 966. The number of carbonyl (C=O) groups excluding carboxylic acids is 2. The topological polar surface area (TPSA) is 71.1 Å². The highest BCUT2D eigenvalue weighted by atomic mass is 32.1. The molecule has 3 aromatic rings. The van der Waals surface area contributed by atoms with E-state index in [2.05, 4.69) is 15.6 Å². The lowest BCUT2D eigenvalue weighted by molar-refractivity contribution is -0.116. The van der Waals surface area contributed by atoms with Crippen molar-refractivity contribution in [2.24, 2.45) is 0 Å². The van der Waals surface area contributed by atoms with E-state index in [1.807, 2.05) is 48.7 Å². The van der Waals surface area contributed by atoms with E-state index in [0.717, 1.165) is 22.5 Å². The van der Waals surface area contributed by atoms with Crippen molar-refractivity contribution in [3.05, 3.63) is 65.0 Å². The summed E-state index contributed by atoms with van der Waals surface area (Å²) < 4.78 is 0. The highest BCUT2D eigenvalue weighted by Crippen LogP contribution is 2.36. The first-order valence-corrected chi connectivity index (χ1v) is 8.77. The Morgan fingerprint density at radius 1 is 1.20 bits per heavy atom. The summed E-state index contributed by atoms with van der Waals surface area (Å²) in [4.78, 5) is 28.5. The predicted octanol–water partition coefficient (Wildman–Crippen LogP) is 4.12. The molecule has 4 rings (SSSR count). The maximum absolute atomic E-state index is 12.2. The Morgan fingerprint density at radius 3 is 2.80 bits per heavy atom. The van der Waals surface area contributed by atoms with Crippen molar-refractivity contribution in [1.82, 2.24) is 4.98 Å². The Balaban J connectivity index is 1.56. The molecule has 2 N–H and O–H groups in total. The molecule has 2 aromatic carbocycles. The number of benzene rings is 2. The van der Waals surface area contributed by atoms with Gasteiger partial charge in [0.1, 0.15) is 0 Å². The van der Waals surface area contributed by atoms with Crippen molar-refractivity contribution in [1.29, 1.82) is 0 Å². The van der Waals surface area contributed by atoms with Crippen LogP contribution in [-0.2, 0) is 4.79 Å². The first-order chi connectivity index (χ1) is 12.1. The molecular formula is C19H15N3O2S. The van der Waals surface area contributed by atoms with E-state index in [1.165, 1.54) is 11.3 Å². The molecule has 2 amide bonds. The quantitative estimate of drug-likeness (QED) is 0.747. The summed E-state index contributed by atoms with van der Waals surface area (Å²) in [6.45, 7) is 1.89. The molecule has 0 fully saturated rings. The van der Waals surface area contributed by atoms with Crippen molar-refractivity contribution >= 4 is 34.0 Å². The Labute approximate surface area is 148 Å². The summed E-state index contributed by atoms with van der Waals surface area (Å²) in [6.07, 6.45) is 0. The summed E-state index contributed by atoms with van der Waals surface area (Å²) >= 11 is 1.38. The van der Waals surface area contributed by atoms with E-state index in [9.17, 15) is 9.59 Å². The molecule has 124 valence electrons. The minimum Gasteiger partial charge on any atom is -0.325 e. The molecule has 0 saturated carbocycles. The molecule has 0 bridgehead atoms. The van der Waals surface area contributed by atoms with E-state index in [0.29, 0.717) is 10.7 Å². The molecule has 6 heteroatoms. The van der Waals surface area contributed by atoms with Crippen LogP contribution in [0.15, 0.2) is 53.9 Å². The number of anilines is 2. The third-order valence-electron chi connectivity index (χ3n) is 4.23. The zero-order valence-electron chi connectivity index (χ0n) is 13.4. The Kier molecular flexibility index (Phi) is 3.82. The fourth-order valence-electron chi connectivity index (χ4n) is 2.80. The standard InChI is InChI=1S/C19H15N3O2S/c1-11-14-9-13(7-8-15(14)20-17(11)23)16-10-25-19(21-16)22-18(24)12-5-3-2-4-6-12/h2-11H,1H3,(H,20,23)(H,21,22,24). The average molecular weight is 349 g/mol. The monoisotopic (exact) mass is 349 g/mol. The van der Waals surface area contributed by atoms with Gasteiger partial charge in [-0.15, -0.1) is 11.3 Å². The van der Waals surface area contributed by atoms with Gasteiger partial charge in [-0.05, 0) is 36.8 Å². The lowest BCUT2D eigenvalue weighted by atomic mass is 10.00. The molecule has 0 saturated heterocycles. The van der Waals surface area contributed by atoms with Crippen LogP contribution in [0.5, 0.6) is 0 Å². The molecule has 0 spiro atoms. The molecule has 0 radical (unpaired) electrons. The van der Waals surface area contributed by atoms with Gasteiger partial charge in [-0.2, -0.15) is 0 Å². The largest absolute Gasteiger partial charge is 0.325 e. The second-order valence-corrected chi connectivity index (χ2v) is 6.73. The van der Waals surface area contributed by atoms with E-state index in [4.69, 9.17) is 0 Å². The van der Waals surface area contributed by atoms with Crippen molar-refractivity contribution in [3.63, 3.8) is 0 Å². The van der Waals surface area contributed by atoms with Gasteiger partial charge in [0.2, 0.25) is 5.91 Å². The molecule has 2 heterocycles. The van der Waals surface area contributed by atoms with Crippen LogP contribution in [-0.4, -0.2) is 16.8 Å². The van der Waals surface area contributed by atoms with Crippen molar-refractivity contribution < 1.29 is 9.59 Å². The molecule has 5 nitrogen and oxygen atoms in total. The van der Waals surface area contributed by atoms with Crippen LogP contribution in [0.3, 0.4) is 0 Å². The van der Waals surface area contributed by atoms with Crippen LogP contribution < -0.4 is 10.6 Å². The SMILES string of the molecule is CC1C(=O)Nc2ccc(-c3csc(NC(=O)c4ccccc4)n3)cc21. The summed E-state index contributed by atoms with van der Waals surface area (Å²) in [5, 5.41) is 8.13. The maximum Gasteiger partial charge on any atom is 0.257 e. The zero-order valence-corrected chi connectivity index (χ0v) is 14.3. The van der Waals surface area contributed by atoms with Gasteiger partial charge in [-0.3, -0.25) is 14.9 Å². The third kappa shape index (κ3) is 2.92. The lowest BCUT2D eigenvalue weighted by Gasteiger charge is -2.04. The number of nitrogens with zero attached hydrogens (tertiary/aromatic N) is 1. The fraction of sp³-hybridized carbons (Fsp3) is 0.105. The number of thiazole rings is 1. The average Bonchev–Trinajstić information content (AvgIpc) is 3.21. The molecule has 1 atom stereocenters. The second kappa shape index (κ2) is 6.14. The van der Waals surface area contributed by atoms with Gasteiger partial charge in [0.25, 0.3) is 5.91 Å². The minimum absolute atomic E-state index is 0.0150. The smallest absolute Gasteiger partial charge is 0.257 e. The van der Waals surface area contributed by atoms with Crippen LogP contribution in [0.4, 0.5) is 10.8 Å². The molecule has 1 aromatic heterocycles. The highest BCUT2D eigenvalue weighted by molar-refractivity contribution is 7.14. The van der Waals surface area contributed by atoms with Gasteiger partial charge in [-0.25, -0.2) is 4.98 Å². The molecule has 1 aliphatic rings. The number of rotatable bonds is 3. The molecule has 0 aliphatic carbocycles. The van der Waals surface area contributed by atoms with E-state index < -0.39 is 0 Å². The summed E-state index contributed by atoms with van der Waals surface area (Å²) in [5.74, 6) is -0.328. The number of hydrogen-bond acceptors (Lipinski definition) is 4. The fourth-order valence-corrected chi connectivity index (χ4v) is 3.51. The number of fused-ring (bicyclic) bond motifs is 1. The summed E-state index contributed by atoms with van der Waals surface area (Å²) in [6, 6.07) is 14.8. The first-order valence-electron chi connectivity index (χ1n) is 7.89. The minimum atomic E-state index is -0.182. The van der Waals surface area contributed by atoms with Crippen molar-refractivity contribution in [3.8, 4) is 11.3 Å². The molecule has 1 unspecified atom stereocenters. The van der Waals surface area contributed by atoms with Crippen LogP contribution >= 0.6 is 11.3 Å². The number of amides is 2. The first kappa shape index (κ1) is 15.5. The molecule has 25 heavy (non-hydrogen) atoms. The Morgan fingerprint density at radius 2 is 2.00 bits per heavy atom. The normalized spacial score (nSPS) is 15.6. The maximum atomic E-state index is 12.2. The van der Waals surface area contributed by atoms with Crippen molar-refractivity contribution in [2.75, 3.05) is 10.6 Å². The molecular weight excluding hydrogens is 334 g/mol. The number of carbonyl (C=O) groups is 2. The summed E-state index contributed by atoms with van der Waals surface area (Å²) in [7, 11) is 0. The predicted molar refractivity (Wildman–Crippen MR) is 99.0 cm³/mol. The lowest BCUT2D eigenvalue weighted by Crippen LogP contribution is -2.11. The van der Waals surface area contributed by atoms with Gasteiger partial charge in [0.05, 0.1) is 11.6 Å². The van der Waals surface area contributed by atoms with Crippen molar-refractivity contribution in [2.45, 2.75) is 12.8 Å². The van der Waals surface area contributed by atoms with E-state index in [-0.39, 0.29) is 17.7 Å². The van der Waals surface area contributed by atoms with Gasteiger partial charge in [0.15, 0.2) is 5.13 Å². The number of aromatic nitrogens is 1. The van der Waals surface area contributed by atoms with E-state index in [1.54, 1.807) is 12.1 Å². The van der Waals surface area contributed by atoms with Gasteiger partial charge in [0, 0.05) is 22.2 Å². The number of hydrogen-bond donors (Lipinski definition) is 2. The molecule has 1 aliphatic heterocycles. The van der Waals surface area contributed by atoms with E-state index >= 15 is 0 Å². The van der Waals surface area contributed by atoms with Crippen LogP contribution in [0, 0.1) is 0 Å². The Hall–Kier alpha value is -2.99. The van der Waals surface area contributed by atoms with Crippen LogP contribution in [0.2, 0.25) is 0 Å². The van der Waals surface area contributed by atoms with Gasteiger partial charge < -0.3 is 5.32 Å². The van der Waals surface area contributed by atoms with Crippen LogP contribution in [0.25, 0.3) is 11.3 Å². The number of nitrogens with one attached hydrogen (secondary N) is 2. The highest BCUT2D eigenvalue weighted by Gasteiger charge is 2.26. The second-order valence-electron chi connectivity index (χ2n) is 5.87. The van der Waals surface area contributed by atoms with Gasteiger partial charge in [-0.1, -0.05) is 24.3 Å². The zero-order chi connectivity index (χ0) is 17.4. The van der Waals surface area contributed by atoms with Gasteiger partial charge >= 0.3 is 0 Å². The van der Waals surface area contributed by atoms with Crippen LogP contribution in [0.1, 0.15) is 28.8 Å². The third-order valence-corrected chi connectivity index (χ3v) is 4.98.